The number of halogens is 2. The summed E-state index contributed by atoms with van der Waals surface area (Å²) in [4.78, 5) is 39.1. The number of carboxylic acids is 1. The molecule has 2 aromatic carbocycles. The lowest BCUT2D eigenvalue weighted by atomic mass is 10.1. The van der Waals surface area contributed by atoms with Crippen molar-refractivity contribution in [3.8, 4) is 17.2 Å². The summed E-state index contributed by atoms with van der Waals surface area (Å²) < 4.78 is 39.9. The number of nitrogens with one attached hydrogen (secondary N) is 1. The van der Waals surface area contributed by atoms with Gasteiger partial charge in [-0.3, -0.25) is 4.79 Å². The zero-order valence-corrected chi connectivity index (χ0v) is 18.1. The van der Waals surface area contributed by atoms with Crippen molar-refractivity contribution in [2.24, 2.45) is 0 Å². The average molecular weight is 474 g/mol. The summed E-state index contributed by atoms with van der Waals surface area (Å²) >= 11 is 0.773. The van der Waals surface area contributed by atoms with Gasteiger partial charge in [0.25, 0.3) is 5.56 Å². The second-order valence-electron chi connectivity index (χ2n) is 7.05. The van der Waals surface area contributed by atoms with E-state index >= 15 is 0 Å². The summed E-state index contributed by atoms with van der Waals surface area (Å²) in [5.41, 5.74) is -1.34. The highest BCUT2D eigenvalue weighted by atomic mass is 32.1. The fourth-order valence-electron chi connectivity index (χ4n) is 3.53. The van der Waals surface area contributed by atoms with Gasteiger partial charge in [0.05, 0.1) is 23.7 Å². The molecule has 0 saturated carbocycles. The minimum absolute atomic E-state index is 0.0463. The van der Waals surface area contributed by atoms with E-state index in [4.69, 9.17) is 9.47 Å². The number of hydrogen-bond acceptors (Lipinski definition) is 6. The Morgan fingerprint density at radius 1 is 1.21 bits per heavy atom. The Kier molecular flexibility index (Phi) is 5.73. The van der Waals surface area contributed by atoms with E-state index < -0.39 is 34.5 Å². The number of methoxy groups -OCH3 is 1. The van der Waals surface area contributed by atoms with Crippen LogP contribution >= 0.6 is 11.3 Å². The maximum absolute atomic E-state index is 14.6. The first kappa shape index (κ1) is 22.2. The fourth-order valence-corrected chi connectivity index (χ4v) is 4.36. The molecule has 0 amide bonds. The Hall–Kier alpha value is -3.99. The standard InChI is InChI=1S/C22H16F2N2O6S/c1-10-5-12(23)6-11(18(10)31-2)8-32-13-3-4-14(24)16(7-13)26-20(27)17-15(25-22(26)30)9-33-19(17)21(28)29/h3-7,9H,8H2,1-2H3,(H,25,30)(H,28,29). The van der Waals surface area contributed by atoms with Crippen molar-refractivity contribution in [2.45, 2.75) is 13.5 Å². The van der Waals surface area contributed by atoms with Crippen LogP contribution in [0.2, 0.25) is 0 Å². The van der Waals surface area contributed by atoms with Crippen molar-refractivity contribution >= 4 is 28.2 Å². The number of nitrogens with zero attached hydrogens (tertiary/aromatic N) is 1. The van der Waals surface area contributed by atoms with E-state index in [1.54, 1.807) is 6.92 Å². The Bertz CT molecular complexity index is 1520. The van der Waals surface area contributed by atoms with Crippen LogP contribution in [0.15, 0.2) is 45.3 Å². The monoisotopic (exact) mass is 474 g/mol. The van der Waals surface area contributed by atoms with Crippen LogP contribution in [0, 0.1) is 18.6 Å². The highest BCUT2D eigenvalue weighted by molar-refractivity contribution is 7.13. The lowest BCUT2D eigenvalue weighted by Gasteiger charge is -2.14. The van der Waals surface area contributed by atoms with Crippen LogP contribution in [0.4, 0.5) is 8.78 Å². The van der Waals surface area contributed by atoms with Gasteiger partial charge in [0, 0.05) is 17.0 Å². The van der Waals surface area contributed by atoms with Crippen LogP contribution in [-0.4, -0.2) is 27.7 Å². The summed E-state index contributed by atoms with van der Waals surface area (Å²) in [6, 6.07) is 5.96. The number of aryl methyl sites for hydroxylation is 1. The van der Waals surface area contributed by atoms with E-state index in [0.717, 1.165) is 23.5 Å². The number of carboxylic acid groups (broad SMARTS) is 1. The van der Waals surface area contributed by atoms with Gasteiger partial charge in [-0.1, -0.05) is 0 Å². The predicted octanol–water partition coefficient (Wildman–Crippen LogP) is 3.61. The molecule has 0 fully saturated rings. The molecule has 0 unspecified atom stereocenters. The number of rotatable bonds is 6. The van der Waals surface area contributed by atoms with Crippen LogP contribution in [-0.2, 0) is 6.61 Å². The van der Waals surface area contributed by atoms with Gasteiger partial charge in [0.1, 0.15) is 34.6 Å². The van der Waals surface area contributed by atoms with Crippen LogP contribution < -0.4 is 20.7 Å². The number of benzene rings is 2. The summed E-state index contributed by atoms with van der Waals surface area (Å²) in [7, 11) is 1.43. The van der Waals surface area contributed by atoms with E-state index in [-0.39, 0.29) is 28.1 Å². The van der Waals surface area contributed by atoms with Gasteiger partial charge in [-0.15, -0.1) is 11.3 Å². The molecule has 2 aromatic heterocycles. The topological polar surface area (TPSA) is 111 Å². The Morgan fingerprint density at radius 3 is 2.67 bits per heavy atom. The number of aromatic nitrogens is 2. The first-order valence-electron chi connectivity index (χ1n) is 9.46. The van der Waals surface area contributed by atoms with Gasteiger partial charge < -0.3 is 19.6 Å². The van der Waals surface area contributed by atoms with Crippen LogP contribution in [0.25, 0.3) is 16.6 Å². The molecular weight excluding hydrogens is 458 g/mol. The molecule has 33 heavy (non-hydrogen) atoms. The molecule has 4 rings (SSSR count). The maximum atomic E-state index is 14.6. The molecule has 0 spiro atoms. The van der Waals surface area contributed by atoms with E-state index in [9.17, 15) is 28.3 Å². The molecule has 170 valence electrons. The van der Waals surface area contributed by atoms with Crippen molar-refractivity contribution in [1.82, 2.24) is 9.55 Å². The van der Waals surface area contributed by atoms with Crippen molar-refractivity contribution in [2.75, 3.05) is 7.11 Å². The van der Waals surface area contributed by atoms with Crippen LogP contribution in [0.1, 0.15) is 20.8 Å². The maximum Gasteiger partial charge on any atom is 0.346 e. The second-order valence-corrected chi connectivity index (χ2v) is 7.93. The Labute approximate surface area is 188 Å². The van der Waals surface area contributed by atoms with E-state index in [1.165, 1.54) is 30.7 Å². The summed E-state index contributed by atoms with van der Waals surface area (Å²) in [5.74, 6) is -2.22. The molecule has 8 nitrogen and oxygen atoms in total. The highest BCUT2D eigenvalue weighted by Gasteiger charge is 2.21. The smallest absolute Gasteiger partial charge is 0.346 e. The molecule has 2 heterocycles. The SMILES string of the molecule is COc1c(C)cc(F)cc1COc1ccc(F)c(-n2c(=O)[nH]c3csc(C(=O)O)c3c2=O)c1. The number of thiophene rings is 1. The lowest BCUT2D eigenvalue weighted by molar-refractivity contribution is 0.0704. The quantitative estimate of drug-likeness (QED) is 0.442. The normalized spacial score (nSPS) is 11.0. The molecule has 0 aliphatic carbocycles. The molecule has 0 aliphatic rings. The molecule has 0 radical (unpaired) electrons. The fraction of sp³-hybridized carbons (Fsp3) is 0.136. The average Bonchev–Trinajstić information content (AvgIpc) is 3.18. The van der Waals surface area contributed by atoms with Crippen LogP contribution in [0.3, 0.4) is 0 Å². The number of aromatic carboxylic acids is 1. The van der Waals surface area contributed by atoms with Gasteiger partial charge in [0.2, 0.25) is 0 Å². The number of ether oxygens (including phenoxy) is 2. The molecule has 11 heteroatoms. The van der Waals surface area contributed by atoms with Gasteiger partial charge >= 0.3 is 11.7 Å². The van der Waals surface area contributed by atoms with Gasteiger partial charge in [0.15, 0.2) is 0 Å². The third kappa shape index (κ3) is 3.98. The summed E-state index contributed by atoms with van der Waals surface area (Å²) in [5, 5.41) is 10.4. The van der Waals surface area contributed by atoms with Crippen molar-refractivity contribution in [1.29, 1.82) is 0 Å². The van der Waals surface area contributed by atoms with Crippen molar-refractivity contribution in [3.63, 3.8) is 0 Å². The molecule has 0 aliphatic heterocycles. The first-order valence-corrected chi connectivity index (χ1v) is 10.3. The Morgan fingerprint density at radius 2 is 1.97 bits per heavy atom. The minimum Gasteiger partial charge on any atom is -0.496 e. The first-order chi connectivity index (χ1) is 15.7. The number of aromatic amines is 1. The van der Waals surface area contributed by atoms with Gasteiger partial charge in [-0.2, -0.15) is 0 Å². The Balaban J connectivity index is 1.77. The third-order valence-corrected chi connectivity index (χ3v) is 5.89. The number of hydrogen-bond donors (Lipinski definition) is 2. The zero-order valence-electron chi connectivity index (χ0n) is 17.3. The number of H-pyrrole nitrogens is 1. The van der Waals surface area contributed by atoms with Gasteiger partial charge in [-0.05, 0) is 36.8 Å². The number of fused-ring (bicyclic) bond motifs is 1. The largest absolute Gasteiger partial charge is 0.496 e. The molecule has 0 bridgehead atoms. The highest BCUT2D eigenvalue weighted by Crippen LogP contribution is 2.27. The van der Waals surface area contributed by atoms with Crippen molar-refractivity contribution in [3.05, 3.63) is 84.2 Å². The molecular formula is C22H16F2N2O6S. The van der Waals surface area contributed by atoms with E-state index in [1.807, 2.05) is 0 Å². The number of carbonyl (C=O) groups is 1. The second kappa shape index (κ2) is 8.51. The summed E-state index contributed by atoms with van der Waals surface area (Å²) in [6.07, 6.45) is 0. The van der Waals surface area contributed by atoms with E-state index in [2.05, 4.69) is 4.98 Å². The lowest BCUT2D eigenvalue weighted by Crippen LogP contribution is -2.34. The molecule has 4 aromatic rings. The minimum atomic E-state index is -1.34. The zero-order chi connectivity index (χ0) is 23.9. The molecule has 0 atom stereocenters. The summed E-state index contributed by atoms with van der Waals surface area (Å²) in [6.45, 7) is 1.54. The van der Waals surface area contributed by atoms with Crippen LogP contribution in [0.5, 0.6) is 11.5 Å². The molecule has 0 saturated heterocycles. The van der Waals surface area contributed by atoms with E-state index in [0.29, 0.717) is 21.4 Å². The van der Waals surface area contributed by atoms with Crippen molar-refractivity contribution < 1.29 is 28.2 Å². The predicted molar refractivity (Wildman–Crippen MR) is 117 cm³/mol. The van der Waals surface area contributed by atoms with Gasteiger partial charge in [-0.25, -0.2) is 22.9 Å². The molecule has 2 N–H and O–H groups in total. The third-order valence-electron chi connectivity index (χ3n) is 4.92.